The van der Waals surface area contributed by atoms with Gasteiger partial charge in [0, 0.05) is 64.5 Å². The Hall–Kier alpha value is -7.19. The van der Waals surface area contributed by atoms with Crippen molar-refractivity contribution in [3.8, 4) is 33.5 Å². The molecule has 0 aliphatic carbocycles. The fourth-order valence-corrected chi connectivity index (χ4v) is 9.27. The molecule has 70 heavy (non-hydrogen) atoms. The van der Waals surface area contributed by atoms with Crippen LogP contribution in [0.3, 0.4) is 0 Å². The summed E-state index contributed by atoms with van der Waals surface area (Å²) in [7, 11) is 0. The number of hydrogen-bond donors (Lipinski definition) is 5. The van der Waals surface area contributed by atoms with Crippen LogP contribution in [0.1, 0.15) is 93.5 Å². The smallest absolute Gasteiger partial charge is 0.308 e. The van der Waals surface area contributed by atoms with Gasteiger partial charge in [-0.25, -0.2) is 8.78 Å². The zero-order valence-electron chi connectivity index (χ0n) is 39.6. The summed E-state index contributed by atoms with van der Waals surface area (Å²) in [6, 6.07) is 38.4. The van der Waals surface area contributed by atoms with Crippen molar-refractivity contribution in [2.75, 3.05) is 5.32 Å². The number of carboxylic acids is 1. The molecule has 0 aliphatic heterocycles. The Bertz CT molecular complexity index is 2930. The van der Waals surface area contributed by atoms with E-state index in [1.54, 1.807) is 42.5 Å². The molecule has 2 aromatic heterocycles. The van der Waals surface area contributed by atoms with E-state index in [0.29, 0.717) is 33.8 Å². The van der Waals surface area contributed by atoms with Crippen molar-refractivity contribution in [3.05, 3.63) is 168 Å². The molecule has 7 aromatic rings. The number of halogens is 2. The minimum absolute atomic E-state index is 0.0116. The van der Waals surface area contributed by atoms with Gasteiger partial charge in [-0.3, -0.25) is 14.4 Å². The van der Waals surface area contributed by atoms with Gasteiger partial charge >= 0.3 is 11.9 Å². The molecule has 4 atom stereocenters. The number of esters is 1. The number of fused-ring (bicyclic) bond motifs is 1. The Morgan fingerprint density at radius 1 is 0.686 bits per heavy atom. The quantitative estimate of drug-likeness (QED) is 0.0445. The summed E-state index contributed by atoms with van der Waals surface area (Å²) < 4.78 is 38.0. The predicted octanol–water partition coefficient (Wildman–Crippen LogP) is 11.4. The van der Waals surface area contributed by atoms with E-state index in [9.17, 15) is 43.6 Å². The van der Waals surface area contributed by atoms with E-state index in [1.807, 2.05) is 105 Å². The van der Waals surface area contributed by atoms with Crippen molar-refractivity contribution in [1.29, 1.82) is 0 Å². The maximum absolute atomic E-state index is 14.5. The zero-order chi connectivity index (χ0) is 50.1. The van der Waals surface area contributed by atoms with Crippen LogP contribution in [0.5, 0.6) is 0 Å². The summed E-state index contributed by atoms with van der Waals surface area (Å²) in [5.74, 6) is -3.57. The Morgan fingerprint density at radius 3 is 1.89 bits per heavy atom. The molecule has 2 heterocycles. The molecular weight excluding hydrogens is 893 g/mol. The number of para-hydroxylation sites is 2. The van der Waals surface area contributed by atoms with E-state index in [0.717, 1.165) is 33.3 Å². The molecule has 0 spiro atoms. The molecule has 5 N–H and O–H groups in total. The van der Waals surface area contributed by atoms with E-state index in [1.165, 1.54) is 30.3 Å². The predicted molar refractivity (Wildman–Crippen MR) is 269 cm³/mol. The number of aliphatic hydroxyl groups excluding tert-OH is 3. The van der Waals surface area contributed by atoms with Gasteiger partial charge in [-0.1, -0.05) is 98.8 Å². The third-order valence-corrected chi connectivity index (χ3v) is 12.2. The first kappa shape index (κ1) is 50.7. The summed E-state index contributed by atoms with van der Waals surface area (Å²) >= 11 is 0. The molecule has 7 rings (SSSR count). The average Bonchev–Trinajstić information content (AvgIpc) is 3.85. The van der Waals surface area contributed by atoms with E-state index >= 15 is 0 Å². The highest BCUT2D eigenvalue weighted by Crippen LogP contribution is 2.43. The molecule has 364 valence electrons. The number of aromatic nitrogens is 2. The Labute approximate surface area is 406 Å². The van der Waals surface area contributed by atoms with E-state index in [-0.39, 0.29) is 49.5 Å². The lowest BCUT2D eigenvalue weighted by atomic mass is 9.94. The second-order valence-electron chi connectivity index (χ2n) is 18.1. The Morgan fingerprint density at radius 2 is 1.27 bits per heavy atom. The lowest BCUT2D eigenvalue weighted by Gasteiger charge is -2.22. The van der Waals surface area contributed by atoms with Crippen LogP contribution in [-0.4, -0.2) is 71.8 Å². The van der Waals surface area contributed by atoms with Crippen molar-refractivity contribution in [2.45, 2.75) is 103 Å². The van der Waals surface area contributed by atoms with Gasteiger partial charge in [0.05, 0.1) is 42.4 Å². The van der Waals surface area contributed by atoms with Gasteiger partial charge in [-0.2, -0.15) is 0 Å². The first-order chi connectivity index (χ1) is 33.6. The van der Waals surface area contributed by atoms with E-state index in [4.69, 9.17) is 4.74 Å². The van der Waals surface area contributed by atoms with Crippen LogP contribution in [0, 0.1) is 11.6 Å². The van der Waals surface area contributed by atoms with E-state index < -0.39 is 55.0 Å². The fourth-order valence-electron chi connectivity index (χ4n) is 9.27. The second-order valence-corrected chi connectivity index (χ2v) is 18.1. The van der Waals surface area contributed by atoms with Crippen LogP contribution in [0.25, 0.3) is 50.5 Å². The molecule has 0 bridgehead atoms. The lowest BCUT2D eigenvalue weighted by molar-refractivity contribution is -0.156. The monoisotopic (exact) mass is 951 g/mol. The molecule has 0 unspecified atom stereocenters. The normalized spacial score (nSPS) is 13.5. The molecular formula is C57H59F2N3O8. The van der Waals surface area contributed by atoms with Crippen LogP contribution in [0.15, 0.2) is 140 Å². The third kappa shape index (κ3) is 12.1. The van der Waals surface area contributed by atoms with Crippen molar-refractivity contribution in [3.63, 3.8) is 0 Å². The van der Waals surface area contributed by atoms with Gasteiger partial charge in [0.25, 0.3) is 5.91 Å². The lowest BCUT2D eigenvalue weighted by Crippen LogP contribution is -2.29. The summed E-state index contributed by atoms with van der Waals surface area (Å²) in [4.78, 5) is 39.7. The summed E-state index contributed by atoms with van der Waals surface area (Å²) in [5.41, 5.74) is 7.60. The van der Waals surface area contributed by atoms with Crippen LogP contribution < -0.4 is 5.32 Å². The molecule has 0 saturated carbocycles. The number of carbonyl (C=O) groups excluding carboxylic acids is 2. The van der Waals surface area contributed by atoms with Gasteiger partial charge < -0.3 is 39.6 Å². The van der Waals surface area contributed by atoms with Crippen molar-refractivity contribution >= 4 is 40.5 Å². The van der Waals surface area contributed by atoms with Crippen LogP contribution in [-0.2, 0) is 20.9 Å². The molecule has 0 radical (unpaired) electrons. The molecule has 0 saturated heterocycles. The molecule has 0 aliphatic rings. The standard InChI is InChI=1S/C57H59F2N3O8/c1-35(2)55-54(57(69)60-42-15-9-6-10-16-42)53(37-13-7-5-8-14-37)56(39-21-25-41(59)26-22-39)61(55)30-29-44(64)32-46(34-50(66)67)70-51(68)33-45(65)31-43(63)27-28-49-52(38-19-23-40(58)24-20-38)47-17-11-12-18-48(47)62(49)36(3)4/h5-28,35-36,43-46,63-65H,29-34H2,1-4H3,(H,60,69)(H,66,67)/b28-27+/t43-,44+,45-,46+/m0/s1. The van der Waals surface area contributed by atoms with Gasteiger partial charge in [-0.15, -0.1) is 0 Å². The van der Waals surface area contributed by atoms with Crippen LogP contribution in [0.4, 0.5) is 14.5 Å². The van der Waals surface area contributed by atoms with Gasteiger partial charge in [0.15, 0.2) is 0 Å². The summed E-state index contributed by atoms with van der Waals surface area (Å²) in [5, 5.41) is 47.4. The number of carboxylic acid groups (broad SMARTS) is 1. The highest BCUT2D eigenvalue weighted by atomic mass is 19.1. The fraction of sp³-hybridized carbons (Fsp3) is 0.281. The number of aliphatic hydroxyl groups is 3. The Kier molecular flexibility index (Phi) is 16.6. The molecule has 0 fully saturated rings. The number of nitrogens with zero attached hydrogens (tertiary/aromatic N) is 2. The maximum Gasteiger partial charge on any atom is 0.308 e. The van der Waals surface area contributed by atoms with Crippen molar-refractivity contribution in [1.82, 2.24) is 9.13 Å². The number of nitrogens with one attached hydrogen (secondary N) is 1. The Balaban J connectivity index is 1.08. The first-order valence-corrected chi connectivity index (χ1v) is 23.6. The maximum atomic E-state index is 14.5. The molecule has 5 aromatic carbocycles. The number of anilines is 1. The van der Waals surface area contributed by atoms with E-state index in [2.05, 4.69) is 9.88 Å². The number of benzene rings is 5. The highest BCUT2D eigenvalue weighted by molar-refractivity contribution is 6.12. The number of ether oxygens (including phenoxy) is 1. The third-order valence-electron chi connectivity index (χ3n) is 12.2. The van der Waals surface area contributed by atoms with Crippen LogP contribution >= 0.6 is 0 Å². The largest absolute Gasteiger partial charge is 0.481 e. The summed E-state index contributed by atoms with van der Waals surface area (Å²) in [6.07, 6.45) is -3.37. The second kappa shape index (κ2) is 22.9. The number of rotatable bonds is 21. The zero-order valence-corrected chi connectivity index (χ0v) is 39.6. The minimum Gasteiger partial charge on any atom is -0.481 e. The molecule has 13 heteroatoms. The number of amides is 1. The summed E-state index contributed by atoms with van der Waals surface area (Å²) in [6.45, 7) is 8.11. The average molecular weight is 952 g/mol. The van der Waals surface area contributed by atoms with Crippen molar-refractivity contribution in [2.24, 2.45) is 0 Å². The molecule has 11 nitrogen and oxygen atoms in total. The topological polar surface area (TPSA) is 163 Å². The van der Waals surface area contributed by atoms with Gasteiger partial charge in [0.2, 0.25) is 0 Å². The van der Waals surface area contributed by atoms with Crippen molar-refractivity contribution < 1.29 is 48.3 Å². The minimum atomic E-state index is -1.37. The first-order valence-electron chi connectivity index (χ1n) is 23.6. The molecule has 1 amide bonds. The van der Waals surface area contributed by atoms with Gasteiger partial charge in [-0.05, 0) is 104 Å². The SMILES string of the molecule is CC(C)c1c(C(=O)Nc2ccccc2)c(-c2ccccc2)c(-c2ccc(F)cc2)n1CC[C@@H](O)C[C@H](CC(=O)O)OC(=O)C[C@@H](O)C[C@@H](O)/C=C/c1c(-c2ccc(F)cc2)c2ccccc2n1C(C)C. The number of aliphatic carboxylic acids is 1. The van der Waals surface area contributed by atoms with Crippen LogP contribution in [0.2, 0.25) is 0 Å². The van der Waals surface area contributed by atoms with Gasteiger partial charge in [0.1, 0.15) is 17.7 Å². The number of hydrogen-bond acceptors (Lipinski definition) is 7. The highest BCUT2D eigenvalue weighted by Gasteiger charge is 2.32. The number of carbonyl (C=O) groups is 3.